The maximum absolute atomic E-state index is 11.6. The van der Waals surface area contributed by atoms with Crippen LogP contribution in [0.3, 0.4) is 0 Å². The normalized spacial score (nSPS) is 12.3. The van der Waals surface area contributed by atoms with Crippen LogP contribution < -0.4 is 10.6 Å². The Morgan fingerprint density at radius 2 is 1.93 bits per heavy atom. The highest BCUT2D eigenvalue weighted by molar-refractivity contribution is 14.0. The SMILES string of the molecule is CCNC(=NCc1cc(C(CC)CC)no1)NCCCN(CC)S(C)(=O)=O.I. The number of aliphatic imine (C=N–C) groups is 1. The van der Waals surface area contributed by atoms with E-state index in [1.807, 2.05) is 19.9 Å². The zero-order chi connectivity index (χ0) is 20.3. The molecular weight excluding hydrogens is 493 g/mol. The molecule has 1 heterocycles. The lowest BCUT2D eigenvalue weighted by atomic mass is 9.99. The van der Waals surface area contributed by atoms with Gasteiger partial charge in [-0.2, -0.15) is 0 Å². The number of guanidine groups is 1. The van der Waals surface area contributed by atoms with Crippen LogP contribution in [-0.2, 0) is 16.6 Å². The van der Waals surface area contributed by atoms with Crippen LogP contribution in [0.2, 0.25) is 0 Å². The molecule has 0 unspecified atom stereocenters. The molecule has 0 saturated heterocycles. The third-order valence-electron chi connectivity index (χ3n) is 4.42. The van der Waals surface area contributed by atoms with E-state index in [2.05, 4.69) is 34.6 Å². The fourth-order valence-corrected chi connectivity index (χ4v) is 3.75. The summed E-state index contributed by atoms with van der Waals surface area (Å²) >= 11 is 0. The van der Waals surface area contributed by atoms with Gasteiger partial charge in [0.15, 0.2) is 11.7 Å². The van der Waals surface area contributed by atoms with E-state index in [0.717, 1.165) is 30.8 Å². The molecule has 0 saturated carbocycles. The Hall–Kier alpha value is -0.880. The fourth-order valence-electron chi connectivity index (χ4n) is 2.82. The van der Waals surface area contributed by atoms with Crippen LogP contribution in [-0.4, -0.2) is 56.3 Å². The van der Waals surface area contributed by atoms with Gasteiger partial charge in [0.05, 0.1) is 11.9 Å². The van der Waals surface area contributed by atoms with E-state index in [1.54, 1.807) is 0 Å². The third kappa shape index (κ3) is 9.55. The monoisotopic (exact) mass is 529 g/mol. The summed E-state index contributed by atoms with van der Waals surface area (Å²) < 4.78 is 30.1. The molecule has 0 spiro atoms. The number of rotatable bonds is 12. The second kappa shape index (κ2) is 14.2. The van der Waals surface area contributed by atoms with E-state index < -0.39 is 10.0 Å². The summed E-state index contributed by atoms with van der Waals surface area (Å²) in [6.07, 6.45) is 4.02. The van der Waals surface area contributed by atoms with Gasteiger partial charge in [0, 0.05) is 38.2 Å². The molecule has 0 aromatic carbocycles. The van der Waals surface area contributed by atoms with Gasteiger partial charge in [0.25, 0.3) is 0 Å². The fraction of sp³-hybridized carbons (Fsp3) is 0.778. The van der Waals surface area contributed by atoms with Gasteiger partial charge in [-0.25, -0.2) is 17.7 Å². The lowest BCUT2D eigenvalue weighted by Gasteiger charge is -2.18. The number of hydrogen-bond donors (Lipinski definition) is 2. The van der Waals surface area contributed by atoms with Crippen molar-refractivity contribution in [2.75, 3.05) is 32.4 Å². The Morgan fingerprint density at radius 1 is 1.25 bits per heavy atom. The van der Waals surface area contributed by atoms with Gasteiger partial charge in [0.1, 0.15) is 6.54 Å². The van der Waals surface area contributed by atoms with Crippen molar-refractivity contribution in [2.45, 2.75) is 59.4 Å². The van der Waals surface area contributed by atoms with Crippen LogP contribution in [0.4, 0.5) is 0 Å². The molecule has 0 atom stereocenters. The van der Waals surface area contributed by atoms with Crippen molar-refractivity contribution < 1.29 is 12.9 Å². The van der Waals surface area contributed by atoms with Crippen LogP contribution in [0, 0.1) is 0 Å². The molecule has 164 valence electrons. The standard InChI is InChI=1S/C18H35N5O3S.HI/c1-6-15(7-2)17-13-16(26-22-17)14-21-18(19-8-3)20-11-10-12-23(9-4)27(5,24)25;/h13,15H,6-12,14H2,1-5H3,(H2,19,20,21);1H. The summed E-state index contributed by atoms with van der Waals surface area (Å²) in [5, 5.41) is 10.6. The average molecular weight is 529 g/mol. The summed E-state index contributed by atoms with van der Waals surface area (Å²) in [4.78, 5) is 4.52. The zero-order valence-corrected chi connectivity index (χ0v) is 20.8. The van der Waals surface area contributed by atoms with Crippen LogP contribution >= 0.6 is 24.0 Å². The first kappa shape index (κ1) is 27.1. The highest BCUT2D eigenvalue weighted by Gasteiger charge is 2.14. The molecular formula is C18H36IN5O3S. The molecule has 28 heavy (non-hydrogen) atoms. The van der Waals surface area contributed by atoms with E-state index >= 15 is 0 Å². The maximum atomic E-state index is 11.6. The second-order valence-corrected chi connectivity index (χ2v) is 8.44. The van der Waals surface area contributed by atoms with Crippen molar-refractivity contribution in [1.82, 2.24) is 20.1 Å². The number of nitrogens with one attached hydrogen (secondary N) is 2. The van der Waals surface area contributed by atoms with Gasteiger partial charge in [-0.05, 0) is 26.2 Å². The molecule has 10 heteroatoms. The molecule has 0 aliphatic heterocycles. The molecule has 8 nitrogen and oxygen atoms in total. The lowest BCUT2D eigenvalue weighted by Crippen LogP contribution is -2.39. The molecule has 0 fully saturated rings. The number of nitrogens with zero attached hydrogens (tertiary/aromatic N) is 3. The van der Waals surface area contributed by atoms with Gasteiger partial charge < -0.3 is 15.2 Å². The first-order valence-electron chi connectivity index (χ1n) is 9.78. The minimum Gasteiger partial charge on any atom is -0.359 e. The van der Waals surface area contributed by atoms with Crippen molar-refractivity contribution in [3.63, 3.8) is 0 Å². The molecule has 0 amide bonds. The van der Waals surface area contributed by atoms with Crippen LogP contribution in [0.15, 0.2) is 15.6 Å². The highest BCUT2D eigenvalue weighted by atomic mass is 127. The smallest absolute Gasteiger partial charge is 0.211 e. The van der Waals surface area contributed by atoms with Gasteiger partial charge in [-0.15, -0.1) is 24.0 Å². The highest BCUT2D eigenvalue weighted by Crippen LogP contribution is 2.22. The third-order valence-corrected chi connectivity index (χ3v) is 5.80. The van der Waals surface area contributed by atoms with Crippen molar-refractivity contribution in [2.24, 2.45) is 4.99 Å². The van der Waals surface area contributed by atoms with E-state index in [-0.39, 0.29) is 24.0 Å². The quantitative estimate of drug-likeness (QED) is 0.187. The predicted octanol–water partition coefficient (Wildman–Crippen LogP) is 2.92. The van der Waals surface area contributed by atoms with E-state index in [4.69, 9.17) is 4.52 Å². The first-order valence-corrected chi connectivity index (χ1v) is 11.6. The number of hydrogen-bond acceptors (Lipinski definition) is 5. The van der Waals surface area contributed by atoms with Crippen molar-refractivity contribution in [3.05, 3.63) is 17.5 Å². The van der Waals surface area contributed by atoms with Crippen molar-refractivity contribution in [3.8, 4) is 0 Å². The summed E-state index contributed by atoms with van der Waals surface area (Å²) in [5.41, 5.74) is 0.989. The Balaban J connectivity index is 0.00000729. The Bertz CT molecular complexity index is 675. The topological polar surface area (TPSA) is 99.8 Å². The Kier molecular flexibility index (Phi) is 13.7. The molecule has 0 aliphatic carbocycles. The minimum absolute atomic E-state index is 0. The van der Waals surface area contributed by atoms with Gasteiger partial charge in [-0.3, -0.25) is 0 Å². The second-order valence-electron chi connectivity index (χ2n) is 6.46. The Labute approximate surface area is 187 Å². The van der Waals surface area contributed by atoms with E-state index in [0.29, 0.717) is 44.5 Å². The van der Waals surface area contributed by atoms with Gasteiger partial charge in [-0.1, -0.05) is 25.9 Å². The van der Waals surface area contributed by atoms with E-state index in [1.165, 1.54) is 10.6 Å². The number of sulfonamides is 1. The summed E-state index contributed by atoms with van der Waals surface area (Å²) in [5.74, 6) is 1.85. The first-order chi connectivity index (χ1) is 12.8. The Morgan fingerprint density at radius 3 is 2.46 bits per heavy atom. The van der Waals surface area contributed by atoms with Crippen LogP contribution in [0.1, 0.15) is 64.3 Å². The molecule has 1 aromatic heterocycles. The molecule has 1 aromatic rings. The molecule has 0 bridgehead atoms. The summed E-state index contributed by atoms with van der Waals surface area (Å²) in [7, 11) is -3.14. The molecule has 0 aliphatic rings. The van der Waals surface area contributed by atoms with Crippen molar-refractivity contribution in [1.29, 1.82) is 0 Å². The van der Waals surface area contributed by atoms with Gasteiger partial charge >= 0.3 is 0 Å². The zero-order valence-electron chi connectivity index (χ0n) is 17.7. The van der Waals surface area contributed by atoms with Gasteiger partial charge in [0.2, 0.25) is 10.0 Å². The average Bonchev–Trinajstić information content (AvgIpc) is 3.08. The summed E-state index contributed by atoms with van der Waals surface area (Å²) in [6.45, 7) is 10.9. The molecule has 0 radical (unpaired) electrons. The van der Waals surface area contributed by atoms with Crippen LogP contribution in [0.5, 0.6) is 0 Å². The largest absolute Gasteiger partial charge is 0.359 e. The van der Waals surface area contributed by atoms with E-state index in [9.17, 15) is 8.42 Å². The van der Waals surface area contributed by atoms with Crippen molar-refractivity contribution >= 4 is 40.0 Å². The predicted molar refractivity (Wildman–Crippen MR) is 125 cm³/mol. The summed E-state index contributed by atoms with van der Waals surface area (Å²) in [6, 6.07) is 1.98. The number of aromatic nitrogens is 1. The maximum Gasteiger partial charge on any atom is 0.211 e. The minimum atomic E-state index is -3.14. The number of halogens is 1. The molecule has 2 N–H and O–H groups in total. The lowest BCUT2D eigenvalue weighted by molar-refractivity contribution is 0.372. The van der Waals surface area contributed by atoms with Crippen LogP contribution in [0.25, 0.3) is 0 Å². The molecule has 1 rings (SSSR count).